The van der Waals surface area contributed by atoms with Crippen LogP contribution in [-0.4, -0.2) is 48.2 Å². The first-order valence-corrected chi connectivity index (χ1v) is 15.0. The molecule has 1 fully saturated rings. The second-order valence-electron chi connectivity index (χ2n) is 9.12. The average molecular weight is 576 g/mol. The molecule has 5 aromatic heterocycles. The molecule has 1 amide bonds. The maximum absolute atomic E-state index is 11.7. The number of carbonyl (C=O) groups is 1. The van der Waals surface area contributed by atoms with Gasteiger partial charge in [-0.25, -0.2) is 9.97 Å². The van der Waals surface area contributed by atoms with Gasteiger partial charge in [0.1, 0.15) is 11.6 Å². The largest absolute Gasteiger partial charge is 0.452 e. The Balaban J connectivity index is 1.26. The molecule has 12 heteroatoms. The summed E-state index contributed by atoms with van der Waals surface area (Å²) in [6.07, 6.45) is 7.12. The zero-order chi connectivity index (χ0) is 26.8. The summed E-state index contributed by atoms with van der Waals surface area (Å²) in [4.78, 5) is 33.9. The molecule has 0 radical (unpaired) electrons. The fraction of sp³-hybridized carbons (Fsp3) is 0.259. The van der Waals surface area contributed by atoms with Crippen LogP contribution in [0.4, 0.5) is 10.9 Å². The van der Waals surface area contributed by atoms with Crippen molar-refractivity contribution in [2.45, 2.75) is 42.4 Å². The predicted octanol–water partition coefficient (Wildman–Crippen LogP) is 6.66. The van der Waals surface area contributed by atoms with Gasteiger partial charge in [0.15, 0.2) is 11.6 Å². The van der Waals surface area contributed by atoms with E-state index in [0.717, 1.165) is 57.5 Å². The molecular formula is C27H25N7O2S3. The Morgan fingerprint density at radius 2 is 2.00 bits per heavy atom. The van der Waals surface area contributed by atoms with Crippen molar-refractivity contribution in [3.8, 4) is 11.5 Å². The highest BCUT2D eigenvalue weighted by molar-refractivity contribution is 7.99. The van der Waals surface area contributed by atoms with Crippen LogP contribution < -0.4 is 10.1 Å². The summed E-state index contributed by atoms with van der Waals surface area (Å²) in [6, 6.07) is 9.76. The number of aromatic nitrogens is 5. The van der Waals surface area contributed by atoms with E-state index in [1.54, 1.807) is 36.2 Å². The zero-order valence-corrected chi connectivity index (χ0v) is 23.8. The zero-order valence-electron chi connectivity index (χ0n) is 21.3. The Hall–Kier alpha value is -3.61. The third-order valence-corrected chi connectivity index (χ3v) is 9.24. The summed E-state index contributed by atoms with van der Waals surface area (Å²) in [6.45, 7) is 5.00. The maximum atomic E-state index is 11.7. The third kappa shape index (κ3) is 5.72. The van der Waals surface area contributed by atoms with Crippen LogP contribution in [0.25, 0.3) is 10.2 Å². The number of nitrogens with zero attached hydrogens (tertiary/aromatic N) is 6. The standard InChI is InChI=1S/C27H25N7O2S3/c1-16-21(4-3-9-28-16)36-22-14-19(38-23-5-10-29-20-8-13-37-24(20)23)15-30-26(22)32-27-31-25(33-39-27)18-6-11-34(12-7-18)17(2)35/h3-5,8-10,13-15,18H,6-7,11-12H2,1-2H3,(H,30,31,32,33). The molecule has 39 heavy (non-hydrogen) atoms. The van der Waals surface area contributed by atoms with Crippen LogP contribution in [0.5, 0.6) is 11.5 Å². The summed E-state index contributed by atoms with van der Waals surface area (Å²) < 4.78 is 12.1. The van der Waals surface area contributed by atoms with Crippen LogP contribution in [0.2, 0.25) is 0 Å². The smallest absolute Gasteiger partial charge is 0.219 e. The van der Waals surface area contributed by atoms with E-state index < -0.39 is 0 Å². The summed E-state index contributed by atoms with van der Waals surface area (Å²) in [5.74, 6) is 2.94. The summed E-state index contributed by atoms with van der Waals surface area (Å²) in [5.41, 5.74) is 1.77. The van der Waals surface area contributed by atoms with Crippen molar-refractivity contribution in [3.05, 3.63) is 65.8 Å². The van der Waals surface area contributed by atoms with E-state index in [2.05, 4.69) is 25.0 Å². The van der Waals surface area contributed by atoms with Crippen molar-refractivity contribution < 1.29 is 9.53 Å². The van der Waals surface area contributed by atoms with Crippen molar-refractivity contribution in [2.75, 3.05) is 18.4 Å². The number of carbonyl (C=O) groups excluding carboxylic acids is 1. The van der Waals surface area contributed by atoms with Crippen molar-refractivity contribution in [2.24, 2.45) is 0 Å². The van der Waals surface area contributed by atoms with Gasteiger partial charge in [0.25, 0.3) is 0 Å². The number of nitrogens with one attached hydrogen (secondary N) is 1. The highest BCUT2D eigenvalue weighted by Crippen LogP contribution is 2.40. The minimum absolute atomic E-state index is 0.120. The molecule has 1 aliphatic heterocycles. The second kappa shape index (κ2) is 11.2. The van der Waals surface area contributed by atoms with Gasteiger partial charge in [-0.2, -0.15) is 4.37 Å². The second-order valence-corrected chi connectivity index (χ2v) is 11.9. The van der Waals surface area contributed by atoms with Gasteiger partial charge in [0.2, 0.25) is 11.0 Å². The molecule has 1 aliphatic rings. The van der Waals surface area contributed by atoms with E-state index in [1.807, 2.05) is 54.5 Å². The number of rotatable bonds is 7. The first kappa shape index (κ1) is 25.7. The number of thiophene rings is 1. The topological polar surface area (TPSA) is 106 Å². The molecule has 9 nitrogen and oxygen atoms in total. The van der Waals surface area contributed by atoms with E-state index in [4.69, 9.17) is 14.7 Å². The van der Waals surface area contributed by atoms with Gasteiger partial charge >= 0.3 is 0 Å². The molecule has 5 aromatic rings. The molecule has 1 saturated heterocycles. The van der Waals surface area contributed by atoms with E-state index >= 15 is 0 Å². The molecule has 0 aromatic carbocycles. The Morgan fingerprint density at radius 1 is 1.13 bits per heavy atom. The Bertz CT molecular complexity index is 1630. The normalized spacial score (nSPS) is 14.1. The predicted molar refractivity (Wildman–Crippen MR) is 154 cm³/mol. The van der Waals surface area contributed by atoms with E-state index in [-0.39, 0.29) is 11.8 Å². The fourth-order valence-corrected chi connectivity index (χ4v) is 6.94. The number of ether oxygens (including phenoxy) is 1. The number of fused-ring (bicyclic) bond motifs is 1. The van der Waals surface area contributed by atoms with Crippen LogP contribution >= 0.6 is 34.6 Å². The summed E-state index contributed by atoms with van der Waals surface area (Å²) >= 11 is 4.60. The number of amides is 1. The molecule has 1 N–H and O–H groups in total. The van der Waals surface area contributed by atoms with Gasteiger partial charge in [0, 0.05) is 71.9 Å². The number of pyridine rings is 3. The summed E-state index contributed by atoms with van der Waals surface area (Å²) in [5, 5.41) is 6.02. The molecule has 0 bridgehead atoms. The lowest BCUT2D eigenvalue weighted by Gasteiger charge is -2.29. The molecular weight excluding hydrogens is 551 g/mol. The van der Waals surface area contributed by atoms with Gasteiger partial charge in [-0.15, -0.1) is 11.3 Å². The number of hydrogen-bond donors (Lipinski definition) is 1. The molecule has 6 heterocycles. The number of anilines is 2. The van der Waals surface area contributed by atoms with Crippen LogP contribution in [0, 0.1) is 6.92 Å². The molecule has 0 unspecified atom stereocenters. The van der Waals surface area contributed by atoms with Gasteiger partial charge < -0.3 is 15.0 Å². The highest BCUT2D eigenvalue weighted by Gasteiger charge is 2.25. The van der Waals surface area contributed by atoms with E-state index in [1.165, 1.54) is 11.5 Å². The fourth-order valence-electron chi connectivity index (χ4n) is 4.41. The first-order valence-electron chi connectivity index (χ1n) is 12.5. The lowest BCUT2D eigenvalue weighted by atomic mass is 9.96. The van der Waals surface area contributed by atoms with Crippen molar-refractivity contribution in [1.82, 2.24) is 29.2 Å². The highest BCUT2D eigenvalue weighted by atomic mass is 32.2. The van der Waals surface area contributed by atoms with Gasteiger partial charge in [-0.05, 0) is 49.4 Å². The van der Waals surface area contributed by atoms with Crippen molar-refractivity contribution >= 4 is 61.7 Å². The minimum atomic E-state index is 0.120. The Labute approximate surface area is 237 Å². The van der Waals surface area contributed by atoms with Gasteiger partial charge in [0.05, 0.1) is 15.9 Å². The van der Waals surface area contributed by atoms with E-state index in [0.29, 0.717) is 22.4 Å². The number of aryl methyl sites for hydroxylation is 1. The van der Waals surface area contributed by atoms with Crippen LogP contribution in [0.1, 0.15) is 37.2 Å². The monoisotopic (exact) mass is 575 g/mol. The van der Waals surface area contributed by atoms with E-state index in [9.17, 15) is 4.79 Å². The molecule has 0 aliphatic carbocycles. The summed E-state index contributed by atoms with van der Waals surface area (Å²) in [7, 11) is 0. The lowest BCUT2D eigenvalue weighted by Crippen LogP contribution is -2.36. The maximum Gasteiger partial charge on any atom is 0.219 e. The SMILES string of the molecule is CC(=O)N1CCC(c2nsc(Nc3ncc(Sc4ccnc5ccsc45)cc3Oc3cccnc3C)n2)CC1. The van der Waals surface area contributed by atoms with Crippen LogP contribution in [0.3, 0.4) is 0 Å². The molecule has 0 atom stereocenters. The van der Waals surface area contributed by atoms with Crippen LogP contribution in [-0.2, 0) is 4.79 Å². The van der Waals surface area contributed by atoms with Gasteiger partial charge in [-0.1, -0.05) is 11.8 Å². The van der Waals surface area contributed by atoms with Gasteiger partial charge in [-0.3, -0.25) is 14.8 Å². The van der Waals surface area contributed by atoms with Crippen LogP contribution in [0.15, 0.2) is 64.1 Å². The number of likely N-dealkylation sites (tertiary alicyclic amines) is 1. The average Bonchev–Trinajstić information content (AvgIpc) is 3.62. The Kier molecular flexibility index (Phi) is 7.40. The molecule has 6 rings (SSSR count). The lowest BCUT2D eigenvalue weighted by molar-refractivity contribution is -0.129. The third-order valence-electron chi connectivity index (χ3n) is 6.51. The molecule has 0 spiro atoms. The quantitative estimate of drug-likeness (QED) is 0.228. The first-order chi connectivity index (χ1) is 19.0. The number of piperidine rings is 1. The molecule has 0 saturated carbocycles. The number of hydrogen-bond acceptors (Lipinski definition) is 11. The minimum Gasteiger partial charge on any atom is -0.452 e. The van der Waals surface area contributed by atoms with Crippen molar-refractivity contribution in [1.29, 1.82) is 0 Å². The Morgan fingerprint density at radius 3 is 2.82 bits per heavy atom. The van der Waals surface area contributed by atoms with Crippen molar-refractivity contribution in [3.63, 3.8) is 0 Å². The molecule has 198 valence electrons.